The number of hydrogen-bond acceptors (Lipinski definition) is 4. The number of aliphatic hydroxyl groups excluding tert-OH is 1. The second-order valence-electron chi connectivity index (χ2n) is 5.77. The summed E-state index contributed by atoms with van der Waals surface area (Å²) in [5, 5.41) is 21.2. The molecule has 0 fully saturated rings. The van der Waals surface area contributed by atoms with Crippen molar-refractivity contribution in [2.24, 2.45) is 11.8 Å². The number of carbonyl (C=O) groups is 2. The van der Waals surface area contributed by atoms with Gasteiger partial charge in [0.2, 0.25) is 0 Å². The van der Waals surface area contributed by atoms with E-state index in [1.165, 1.54) is 12.0 Å². The highest BCUT2D eigenvalue weighted by atomic mass is 16.5. The van der Waals surface area contributed by atoms with Crippen LogP contribution in [0.2, 0.25) is 0 Å². The van der Waals surface area contributed by atoms with Gasteiger partial charge in [0.15, 0.2) is 0 Å². The first-order valence-corrected chi connectivity index (χ1v) is 7.14. The third-order valence-electron chi connectivity index (χ3n) is 3.00. The second kappa shape index (κ2) is 10.4. The highest BCUT2D eigenvalue weighted by molar-refractivity contribution is 5.74. The van der Waals surface area contributed by atoms with Gasteiger partial charge in [0.05, 0.1) is 19.3 Å². The monoisotopic (exact) mass is 304 g/mol. The first-order valence-electron chi connectivity index (χ1n) is 7.14. The SMILES string of the molecule is COCC(O)CN(C)C(=O)NC[C@H](CC(=O)O)CC(C)C. The summed E-state index contributed by atoms with van der Waals surface area (Å²) < 4.78 is 4.80. The number of nitrogens with one attached hydrogen (secondary N) is 1. The third-order valence-corrected chi connectivity index (χ3v) is 3.00. The summed E-state index contributed by atoms with van der Waals surface area (Å²) in [6.45, 7) is 4.67. The van der Waals surface area contributed by atoms with Crippen LogP contribution < -0.4 is 5.32 Å². The molecule has 0 bridgehead atoms. The third kappa shape index (κ3) is 10.1. The summed E-state index contributed by atoms with van der Waals surface area (Å²) in [5.74, 6) is -0.588. The van der Waals surface area contributed by atoms with Gasteiger partial charge in [-0.2, -0.15) is 0 Å². The lowest BCUT2D eigenvalue weighted by atomic mass is 9.94. The normalized spacial score (nSPS) is 13.8. The van der Waals surface area contributed by atoms with E-state index in [1.54, 1.807) is 7.05 Å². The number of amides is 2. The molecule has 2 atom stereocenters. The highest BCUT2D eigenvalue weighted by Crippen LogP contribution is 2.14. The Morgan fingerprint density at radius 2 is 1.95 bits per heavy atom. The average Bonchev–Trinajstić information content (AvgIpc) is 2.34. The van der Waals surface area contributed by atoms with E-state index in [4.69, 9.17) is 9.84 Å². The lowest BCUT2D eigenvalue weighted by Crippen LogP contribution is -2.44. The van der Waals surface area contributed by atoms with Crippen molar-refractivity contribution in [3.05, 3.63) is 0 Å². The smallest absolute Gasteiger partial charge is 0.317 e. The number of rotatable bonds is 10. The summed E-state index contributed by atoms with van der Waals surface area (Å²) in [6, 6.07) is -0.329. The fraction of sp³-hybridized carbons (Fsp3) is 0.857. The summed E-state index contributed by atoms with van der Waals surface area (Å²) >= 11 is 0. The number of nitrogens with zero attached hydrogens (tertiary/aromatic N) is 1. The van der Waals surface area contributed by atoms with E-state index < -0.39 is 12.1 Å². The number of urea groups is 1. The Labute approximate surface area is 126 Å². The second-order valence-corrected chi connectivity index (χ2v) is 5.77. The molecule has 0 radical (unpaired) electrons. The van der Waals surface area contributed by atoms with Gasteiger partial charge in [-0.3, -0.25) is 4.79 Å². The number of likely N-dealkylation sites (N-methyl/N-ethyl adjacent to an activating group) is 1. The van der Waals surface area contributed by atoms with Gasteiger partial charge >= 0.3 is 12.0 Å². The van der Waals surface area contributed by atoms with Crippen molar-refractivity contribution >= 4 is 12.0 Å². The molecule has 0 saturated heterocycles. The fourth-order valence-corrected chi connectivity index (χ4v) is 2.16. The van der Waals surface area contributed by atoms with Gasteiger partial charge in [0, 0.05) is 27.1 Å². The molecule has 0 aromatic heterocycles. The molecule has 0 rings (SSSR count). The van der Waals surface area contributed by atoms with Crippen LogP contribution in [0.1, 0.15) is 26.7 Å². The Morgan fingerprint density at radius 1 is 1.33 bits per heavy atom. The Bertz CT molecular complexity index is 322. The first kappa shape index (κ1) is 19.7. The molecule has 124 valence electrons. The van der Waals surface area contributed by atoms with Gasteiger partial charge in [0.25, 0.3) is 0 Å². The predicted molar refractivity (Wildman–Crippen MR) is 79.1 cm³/mol. The van der Waals surface area contributed by atoms with E-state index in [0.29, 0.717) is 12.5 Å². The number of aliphatic hydroxyl groups is 1. The lowest BCUT2D eigenvalue weighted by molar-refractivity contribution is -0.138. The number of ether oxygens (including phenoxy) is 1. The van der Waals surface area contributed by atoms with Crippen molar-refractivity contribution < 1.29 is 24.5 Å². The molecule has 0 aliphatic heterocycles. The van der Waals surface area contributed by atoms with Crippen LogP contribution in [0, 0.1) is 11.8 Å². The zero-order valence-electron chi connectivity index (χ0n) is 13.3. The number of methoxy groups -OCH3 is 1. The van der Waals surface area contributed by atoms with Crippen LogP contribution in [0.4, 0.5) is 4.79 Å². The average molecular weight is 304 g/mol. The maximum Gasteiger partial charge on any atom is 0.317 e. The minimum atomic E-state index is -0.862. The zero-order valence-corrected chi connectivity index (χ0v) is 13.3. The largest absolute Gasteiger partial charge is 0.481 e. The molecule has 7 nitrogen and oxygen atoms in total. The summed E-state index contributed by atoms with van der Waals surface area (Å²) in [7, 11) is 3.05. The molecule has 3 N–H and O–H groups in total. The molecule has 7 heteroatoms. The molecule has 0 aromatic rings. The molecule has 0 aromatic carbocycles. The van der Waals surface area contributed by atoms with Crippen molar-refractivity contribution in [2.45, 2.75) is 32.8 Å². The topological polar surface area (TPSA) is 99.1 Å². The summed E-state index contributed by atoms with van der Waals surface area (Å²) in [6.07, 6.45) is 0.0353. The van der Waals surface area contributed by atoms with E-state index in [0.717, 1.165) is 6.42 Å². The van der Waals surface area contributed by atoms with Gasteiger partial charge in [-0.05, 0) is 18.3 Å². The maximum absolute atomic E-state index is 11.9. The van der Waals surface area contributed by atoms with Crippen molar-refractivity contribution in [3.63, 3.8) is 0 Å². The number of carbonyl (C=O) groups excluding carboxylic acids is 1. The Hall–Kier alpha value is -1.34. The molecular weight excluding hydrogens is 276 g/mol. The van der Waals surface area contributed by atoms with Crippen LogP contribution in [0.3, 0.4) is 0 Å². The molecule has 0 saturated carbocycles. The molecule has 21 heavy (non-hydrogen) atoms. The molecule has 1 unspecified atom stereocenters. The van der Waals surface area contributed by atoms with Crippen LogP contribution in [0.25, 0.3) is 0 Å². The van der Waals surface area contributed by atoms with Gasteiger partial charge in [-0.1, -0.05) is 13.8 Å². The van der Waals surface area contributed by atoms with Crippen molar-refractivity contribution in [1.82, 2.24) is 10.2 Å². The predicted octanol–water partition coefficient (Wildman–Crippen LogP) is 0.772. The molecule has 2 amide bonds. The standard InChI is InChI=1S/C14H28N2O5/c1-10(2)5-11(6-13(18)19)7-15-14(20)16(3)8-12(17)9-21-4/h10-12,17H,5-9H2,1-4H3,(H,15,20)(H,18,19)/t11-,12?/m0/s1. The van der Waals surface area contributed by atoms with Gasteiger partial charge in [-0.15, -0.1) is 0 Å². The van der Waals surface area contributed by atoms with Crippen molar-refractivity contribution in [3.8, 4) is 0 Å². The molecule has 0 aliphatic carbocycles. The van der Waals surface area contributed by atoms with Gasteiger partial charge in [0.1, 0.15) is 0 Å². The number of aliphatic carboxylic acids is 1. The number of hydrogen-bond donors (Lipinski definition) is 3. The Balaban J connectivity index is 4.24. The van der Waals surface area contributed by atoms with Crippen LogP contribution in [0.5, 0.6) is 0 Å². The molecular formula is C14H28N2O5. The van der Waals surface area contributed by atoms with E-state index in [9.17, 15) is 14.7 Å². The van der Waals surface area contributed by atoms with Crippen molar-refractivity contribution in [1.29, 1.82) is 0 Å². The van der Waals surface area contributed by atoms with Crippen LogP contribution in [-0.2, 0) is 9.53 Å². The molecule has 0 aliphatic rings. The van der Waals surface area contributed by atoms with E-state index in [1.807, 2.05) is 13.8 Å². The number of carboxylic acid groups (broad SMARTS) is 1. The minimum Gasteiger partial charge on any atom is -0.481 e. The minimum absolute atomic E-state index is 0.0362. The van der Waals surface area contributed by atoms with Crippen LogP contribution >= 0.6 is 0 Å². The molecule has 0 spiro atoms. The summed E-state index contributed by atoms with van der Waals surface area (Å²) in [5.41, 5.74) is 0. The Kier molecular flexibility index (Phi) is 9.73. The number of carboxylic acids is 1. The highest BCUT2D eigenvalue weighted by Gasteiger charge is 2.18. The Morgan fingerprint density at radius 3 is 2.43 bits per heavy atom. The van der Waals surface area contributed by atoms with Gasteiger partial charge < -0.3 is 25.2 Å². The molecule has 0 heterocycles. The van der Waals surface area contributed by atoms with E-state index in [2.05, 4.69) is 5.32 Å². The maximum atomic E-state index is 11.9. The first-order chi connectivity index (χ1) is 9.76. The van der Waals surface area contributed by atoms with E-state index in [-0.39, 0.29) is 31.5 Å². The van der Waals surface area contributed by atoms with Gasteiger partial charge in [-0.25, -0.2) is 4.79 Å². The van der Waals surface area contributed by atoms with Crippen molar-refractivity contribution in [2.75, 3.05) is 33.9 Å². The van der Waals surface area contributed by atoms with E-state index >= 15 is 0 Å². The van der Waals surface area contributed by atoms with Crippen LogP contribution in [0.15, 0.2) is 0 Å². The lowest BCUT2D eigenvalue weighted by Gasteiger charge is -2.23. The summed E-state index contributed by atoms with van der Waals surface area (Å²) in [4.78, 5) is 24.0. The fourth-order valence-electron chi connectivity index (χ4n) is 2.16. The van der Waals surface area contributed by atoms with Crippen LogP contribution in [-0.4, -0.2) is 67.1 Å². The quantitative estimate of drug-likeness (QED) is 0.554. The zero-order chi connectivity index (χ0) is 16.4.